The first-order valence-electron chi connectivity index (χ1n) is 6.25. The Kier molecular flexibility index (Phi) is 3.69. The summed E-state index contributed by atoms with van der Waals surface area (Å²) < 4.78 is 0. The number of nitrogens with one attached hydrogen (secondary N) is 1. The number of phenols is 1. The number of nitrogens with zero attached hydrogens (tertiary/aromatic N) is 1. The van der Waals surface area contributed by atoms with E-state index < -0.39 is 10.8 Å². The fraction of sp³-hybridized carbons (Fsp3) is 0.462. The lowest BCUT2D eigenvalue weighted by Crippen LogP contribution is -2.33. The van der Waals surface area contributed by atoms with Crippen LogP contribution in [-0.4, -0.2) is 22.0 Å². The average molecular weight is 264 g/mol. The quantitative estimate of drug-likeness (QED) is 0.646. The molecule has 1 amide bonds. The molecule has 2 unspecified atom stereocenters. The second kappa shape index (κ2) is 5.26. The van der Waals surface area contributed by atoms with Gasteiger partial charge < -0.3 is 10.4 Å². The summed E-state index contributed by atoms with van der Waals surface area (Å²) >= 11 is 0. The van der Waals surface area contributed by atoms with Crippen LogP contribution in [0.3, 0.4) is 0 Å². The van der Waals surface area contributed by atoms with Gasteiger partial charge in [-0.3, -0.25) is 14.9 Å². The number of nitro groups is 1. The summed E-state index contributed by atoms with van der Waals surface area (Å²) in [5, 5.41) is 23.0. The molecule has 102 valence electrons. The van der Waals surface area contributed by atoms with Crippen molar-refractivity contribution >= 4 is 11.6 Å². The molecule has 2 N–H and O–H groups in total. The van der Waals surface area contributed by atoms with Crippen LogP contribution in [0.15, 0.2) is 18.2 Å². The highest BCUT2D eigenvalue weighted by molar-refractivity contribution is 5.98. The molecule has 0 aliphatic heterocycles. The minimum Gasteiger partial charge on any atom is -0.508 e. The highest BCUT2D eigenvalue weighted by Gasteiger charge is 2.26. The van der Waals surface area contributed by atoms with Crippen molar-refractivity contribution < 1.29 is 14.8 Å². The van der Waals surface area contributed by atoms with Crippen molar-refractivity contribution in [3.63, 3.8) is 0 Å². The lowest BCUT2D eigenvalue weighted by molar-refractivity contribution is -0.385. The van der Waals surface area contributed by atoms with Gasteiger partial charge in [0.15, 0.2) is 0 Å². The van der Waals surface area contributed by atoms with Gasteiger partial charge in [0.1, 0.15) is 11.3 Å². The minimum absolute atomic E-state index is 0.0597. The van der Waals surface area contributed by atoms with Crippen molar-refractivity contribution in [1.82, 2.24) is 5.32 Å². The molecule has 0 radical (unpaired) electrons. The topological polar surface area (TPSA) is 92.5 Å². The van der Waals surface area contributed by atoms with Crippen molar-refractivity contribution in [2.24, 2.45) is 5.92 Å². The third-order valence-electron chi connectivity index (χ3n) is 3.45. The molecule has 0 spiro atoms. The number of carbonyl (C=O) groups is 1. The van der Waals surface area contributed by atoms with Gasteiger partial charge in [0.25, 0.3) is 11.6 Å². The number of carbonyl (C=O) groups excluding carboxylic acids is 1. The Labute approximate surface area is 110 Å². The first kappa shape index (κ1) is 13.3. The van der Waals surface area contributed by atoms with E-state index in [0.29, 0.717) is 5.92 Å². The number of phenolic OH excluding ortho intramolecular Hbond substituents is 1. The molecule has 2 atom stereocenters. The van der Waals surface area contributed by atoms with E-state index in [2.05, 4.69) is 12.2 Å². The Balaban J connectivity index is 2.18. The highest BCUT2D eigenvalue weighted by atomic mass is 16.6. The van der Waals surface area contributed by atoms with Crippen LogP contribution >= 0.6 is 0 Å². The van der Waals surface area contributed by atoms with E-state index in [9.17, 15) is 20.0 Å². The summed E-state index contributed by atoms with van der Waals surface area (Å²) in [5.74, 6) is -0.0956. The van der Waals surface area contributed by atoms with Crippen molar-refractivity contribution in [3.05, 3.63) is 33.9 Å². The van der Waals surface area contributed by atoms with Gasteiger partial charge in [-0.2, -0.15) is 0 Å². The van der Waals surface area contributed by atoms with Gasteiger partial charge in [-0.1, -0.05) is 6.92 Å². The Bertz CT molecular complexity index is 515. The van der Waals surface area contributed by atoms with Crippen molar-refractivity contribution in [2.45, 2.75) is 32.2 Å². The average Bonchev–Trinajstić information content (AvgIpc) is 2.74. The zero-order chi connectivity index (χ0) is 14.0. The summed E-state index contributed by atoms with van der Waals surface area (Å²) in [4.78, 5) is 22.3. The molecule has 1 aromatic rings. The van der Waals surface area contributed by atoms with Crippen molar-refractivity contribution in [1.29, 1.82) is 0 Å². The van der Waals surface area contributed by atoms with Crippen LogP contribution in [0.4, 0.5) is 5.69 Å². The third kappa shape index (κ3) is 3.01. The predicted molar refractivity (Wildman–Crippen MR) is 69.0 cm³/mol. The lowest BCUT2D eigenvalue weighted by Gasteiger charge is -2.12. The first-order chi connectivity index (χ1) is 8.97. The van der Waals surface area contributed by atoms with Gasteiger partial charge >= 0.3 is 0 Å². The van der Waals surface area contributed by atoms with E-state index in [-0.39, 0.29) is 23.0 Å². The van der Waals surface area contributed by atoms with Crippen LogP contribution < -0.4 is 5.32 Å². The molecule has 0 aromatic heterocycles. The molecule has 0 heterocycles. The lowest BCUT2D eigenvalue weighted by atomic mass is 10.1. The number of amides is 1. The van der Waals surface area contributed by atoms with Crippen LogP contribution in [0.25, 0.3) is 0 Å². The van der Waals surface area contributed by atoms with Gasteiger partial charge in [-0.25, -0.2) is 0 Å². The van der Waals surface area contributed by atoms with E-state index in [1.165, 1.54) is 6.07 Å². The van der Waals surface area contributed by atoms with Crippen LogP contribution in [-0.2, 0) is 0 Å². The Morgan fingerprint density at radius 2 is 2.21 bits per heavy atom. The number of benzene rings is 1. The predicted octanol–water partition coefficient (Wildman–Crippen LogP) is 2.22. The Morgan fingerprint density at radius 3 is 2.79 bits per heavy atom. The highest BCUT2D eigenvalue weighted by Crippen LogP contribution is 2.27. The fourth-order valence-corrected chi connectivity index (χ4v) is 2.47. The number of hydrogen-bond acceptors (Lipinski definition) is 4. The van der Waals surface area contributed by atoms with E-state index in [1.54, 1.807) is 0 Å². The molecular formula is C13H16N2O4. The van der Waals surface area contributed by atoms with Crippen LogP contribution in [0.1, 0.15) is 36.5 Å². The minimum atomic E-state index is -0.619. The van der Waals surface area contributed by atoms with Crippen molar-refractivity contribution in [2.75, 3.05) is 0 Å². The summed E-state index contributed by atoms with van der Waals surface area (Å²) in [5.41, 5.74) is -0.383. The Morgan fingerprint density at radius 1 is 1.47 bits per heavy atom. The molecule has 19 heavy (non-hydrogen) atoms. The number of nitro benzene ring substituents is 1. The maximum Gasteiger partial charge on any atom is 0.282 e. The van der Waals surface area contributed by atoms with Crippen molar-refractivity contribution in [3.8, 4) is 5.75 Å². The largest absolute Gasteiger partial charge is 0.508 e. The number of aromatic hydroxyl groups is 1. The van der Waals surface area contributed by atoms with Gasteiger partial charge in [-0.05, 0) is 37.3 Å². The third-order valence-corrected chi connectivity index (χ3v) is 3.45. The van der Waals surface area contributed by atoms with Gasteiger partial charge in [0, 0.05) is 12.1 Å². The van der Waals surface area contributed by atoms with Crippen LogP contribution in [0.2, 0.25) is 0 Å². The maximum absolute atomic E-state index is 12.1. The zero-order valence-corrected chi connectivity index (χ0v) is 10.6. The molecule has 1 aliphatic rings. The van der Waals surface area contributed by atoms with E-state index in [0.717, 1.165) is 31.4 Å². The molecule has 2 rings (SSSR count). The second-order valence-electron chi connectivity index (χ2n) is 5.05. The van der Waals surface area contributed by atoms with Gasteiger partial charge in [-0.15, -0.1) is 0 Å². The summed E-state index contributed by atoms with van der Waals surface area (Å²) in [6.45, 7) is 2.11. The van der Waals surface area contributed by atoms with E-state index in [4.69, 9.17) is 0 Å². The molecule has 1 aliphatic carbocycles. The zero-order valence-electron chi connectivity index (χ0n) is 10.6. The van der Waals surface area contributed by atoms with E-state index >= 15 is 0 Å². The Hall–Kier alpha value is -2.11. The molecule has 1 saturated carbocycles. The second-order valence-corrected chi connectivity index (χ2v) is 5.05. The fourth-order valence-electron chi connectivity index (χ4n) is 2.47. The summed E-state index contributed by atoms with van der Waals surface area (Å²) in [7, 11) is 0. The van der Waals surface area contributed by atoms with Crippen LogP contribution in [0.5, 0.6) is 5.75 Å². The summed E-state index contributed by atoms with van der Waals surface area (Å²) in [6, 6.07) is 3.53. The molecule has 6 nitrogen and oxygen atoms in total. The number of hydrogen-bond donors (Lipinski definition) is 2. The van der Waals surface area contributed by atoms with Gasteiger partial charge in [0.05, 0.1) is 4.92 Å². The smallest absolute Gasteiger partial charge is 0.282 e. The van der Waals surface area contributed by atoms with Gasteiger partial charge in [0.2, 0.25) is 0 Å². The molecule has 1 fully saturated rings. The SMILES string of the molecule is CC1CCC(NC(=O)c2cc(O)ccc2[N+](=O)[O-])C1. The monoisotopic (exact) mass is 264 g/mol. The first-order valence-corrected chi connectivity index (χ1v) is 6.25. The van der Waals surface area contributed by atoms with E-state index in [1.807, 2.05) is 0 Å². The van der Waals surface area contributed by atoms with Crippen LogP contribution in [0, 0.1) is 16.0 Å². The number of rotatable bonds is 3. The summed E-state index contributed by atoms with van der Waals surface area (Å²) in [6.07, 6.45) is 2.82. The molecule has 0 bridgehead atoms. The molecule has 1 aromatic carbocycles. The maximum atomic E-state index is 12.1. The molecule has 6 heteroatoms. The normalized spacial score (nSPS) is 22.2. The standard InChI is InChI=1S/C13H16N2O4/c1-8-2-3-9(6-8)14-13(17)11-7-10(16)4-5-12(11)15(18)19/h4-5,7-9,16H,2-3,6H2,1H3,(H,14,17). The molecular weight excluding hydrogens is 248 g/mol. The molecule has 0 saturated heterocycles.